The van der Waals surface area contributed by atoms with Gasteiger partial charge in [0.15, 0.2) is 31.3 Å². The third-order valence-electron chi connectivity index (χ3n) is 12.2. The van der Waals surface area contributed by atoms with Gasteiger partial charge in [-0.1, -0.05) is 19.6 Å². The highest BCUT2D eigenvalue weighted by Crippen LogP contribution is 2.40. The standard InChI is InChI=1S/C24H25BrF2N6O3S.C24H26F2N6O3S.CH4/c1-23(2)22(28)32-24(3,14-37(23,34)35)17-8-15(4-5-18(17)26)9-19(27)20-11-30-21(12-29-20)36-7-6-33-13-16(25)10-31-33;1-23(2)22(27)31-24(3,15-36(23,33)34)17-11-16(5-6-18(17)25)12-19(26)20-13-29-21(14-28-20)35-10-9-32-8-4-7-30-32;/h4-5,8-13H,6-7,14H2,1-3H3,(H2,28,32);4-8,11-14H,9-10,15H2,1-3H3,(H2,27,31);1H4/b19-9-;19-12-;/t2*24-;/m00./s1. The topological polar surface area (TPSA) is 251 Å². The summed E-state index contributed by atoms with van der Waals surface area (Å²) >= 11 is 3.31. The molecular formula is C49H55BrF4N12O6S2. The zero-order valence-electron chi connectivity index (χ0n) is 40.3. The van der Waals surface area contributed by atoms with Crippen molar-refractivity contribution in [3.63, 3.8) is 0 Å². The van der Waals surface area contributed by atoms with Crippen molar-refractivity contribution >= 4 is 71.1 Å². The molecule has 0 saturated heterocycles. The first-order valence-electron chi connectivity index (χ1n) is 22.3. The molecule has 0 aliphatic carbocycles. The molecule has 0 radical (unpaired) electrons. The van der Waals surface area contributed by atoms with Crippen LogP contribution in [0.2, 0.25) is 0 Å². The maximum absolute atomic E-state index is 14.9. The average Bonchev–Trinajstić information content (AvgIpc) is 4.01. The summed E-state index contributed by atoms with van der Waals surface area (Å²) in [6.45, 7) is 10.4. The minimum absolute atomic E-state index is 0. The van der Waals surface area contributed by atoms with Gasteiger partial charge in [-0.2, -0.15) is 10.2 Å². The van der Waals surface area contributed by atoms with Gasteiger partial charge in [0.1, 0.15) is 68.5 Å². The molecule has 2 aliphatic rings. The molecule has 0 unspecified atom stereocenters. The molecule has 0 amide bonds. The van der Waals surface area contributed by atoms with Gasteiger partial charge in [-0.05, 0) is 111 Å². The maximum Gasteiger partial charge on any atom is 0.232 e. The molecule has 6 heterocycles. The van der Waals surface area contributed by atoms with Crippen LogP contribution >= 0.6 is 15.9 Å². The van der Waals surface area contributed by atoms with Crippen molar-refractivity contribution in [1.82, 2.24) is 39.5 Å². The van der Waals surface area contributed by atoms with E-state index in [1.165, 1.54) is 90.6 Å². The Kier molecular flexibility index (Phi) is 16.7. The quantitative estimate of drug-likeness (QED) is 0.0994. The van der Waals surface area contributed by atoms with Crippen molar-refractivity contribution < 1.29 is 43.9 Å². The smallest absolute Gasteiger partial charge is 0.232 e. The zero-order valence-corrected chi connectivity index (χ0v) is 43.6. The fourth-order valence-electron chi connectivity index (χ4n) is 7.50. The van der Waals surface area contributed by atoms with Crippen LogP contribution in [-0.4, -0.2) is 102 Å². The Morgan fingerprint density at radius 2 is 1.12 bits per heavy atom. The highest BCUT2D eigenvalue weighted by atomic mass is 79.9. The lowest BCUT2D eigenvalue weighted by molar-refractivity contribution is 0.279. The first-order chi connectivity index (χ1) is 34.2. The molecular weight excluding hydrogens is 1070 g/mol. The number of rotatable bonds is 14. The lowest BCUT2D eigenvalue weighted by Gasteiger charge is -2.38. The van der Waals surface area contributed by atoms with E-state index >= 15 is 0 Å². The number of benzene rings is 2. The van der Waals surface area contributed by atoms with Crippen molar-refractivity contribution in [1.29, 1.82) is 0 Å². The minimum Gasteiger partial charge on any atom is -0.475 e. The molecule has 8 rings (SSSR count). The Morgan fingerprint density at radius 3 is 1.49 bits per heavy atom. The van der Waals surface area contributed by atoms with Crippen LogP contribution < -0.4 is 20.9 Å². The zero-order chi connectivity index (χ0) is 53.1. The average molecular weight is 1130 g/mol. The summed E-state index contributed by atoms with van der Waals surface area (Å²) in [6, 6.07) is 9.54. The van der Waals surface area contributed by atoms with Crippen molar-refractivity contribution in [2.45, 2.75) is 82.6 Å². The SMILES string of the molecule is C.CC1(C)C(N)=N[C@](C)(c2cc(/C=C(\F)c3cnc(OCCn4cc(Br)cn4)cn3)ccc2F)CS1(=O)=O.CC1(C)C(N)=N[C@](C)(c2cc(/C=C(\F)c3cnc(OCCn4cccn4)cn3)ccc2F)CS1(=O)=O. The molecule has 0 saturated carbocycles. The molecule has 2 atom stereocenters. The second-order valence-corrected chi connectivity index (χ2v) is 24.4. The Hall–Kier alpha value is -6.86. The van der Waals surface area contributed by atoms with E-state index in [1.807, 2.05) is 0 Å². The number of halogens is 5. The molecule has 18 nitrogen and oxygen atoms in total. The maximum atomic E-state index is 14.9. The van der Waals surface area contributed by atoms with Crippen molar-refractivity contribution in [3.8, 4) is 11.8 Å². The monoisotopic (exact) mass is 1130 g/mol. The number of amidine groups is 2. The van der Waals surface area contributed by atoms with Crippen LogP contribution in [-0.2, 0) is 43.8 Å². The van der Waals surface area contributed by atoms with Gasteiger partial charge in [0.2, 0.25) is 11.8 Å². The van der Waals surface area contributed by atoms with Crippen LogP contribution in [0.25, 0.3) is 23.8 Å². The third-order valence-corrected chi connectivity index (χ3v) is 18.1. The van der Waals surface area contributed by atoms with Crippen molar-refractivity contribution in [2.24, 2.45) is 21.5 Å². The Balaban J connectivity index is 0.000000238. The van der Waals surface area contributed by atoms with E-state index in [1.54, 1.807) is 40.2 Å². The highest BCUT2D eigenvalue weighted by Gasteiger charge is 2.50. The number of ether oxygens (including phenoxy) is 2. The summed E-state index contributed by atoms with van der Waals surface area (Å²) in [5, 5.41) is 8.18. The van der Waals surface area contributed by atoms with Gasteiger partial charge in [-0.15, -0.1) is 0 Å². The van der Waals surface area contributed by atoms with Crippen LogP contribution in [0.15, 0.2) is 106 Å². The second kappa shape index (κ2) is 21.9. The number of aromatic nitrogens is 8. The van der Waals surface area contributed by atoms with Crippen LogP contribution in [0.4, 0.5) is 17.6 Å². The molecule has 4 N–H and O–H groups in total. The molecule has 0 spiro atoms. The van der Waals surface area contributed by atoms with Crippen LogP contribution in [0.5, 0.6) is 11.8 Å². The largest absolute Gasteiger partial charge is 0.475 e. The van der Waals surface area contributed by atoms with E-state index in [0.717, 1.165) is 28.8 Å². The van der Waals surface area contributed by atoms with Crippen LogP contribution in [0.1, 0.15) is 82.6 Å². The summed E-state index contributed by atoms with van der Waals surface area (Å²) < 4.78 is 123. The molecule has 25 heteroatoms. The van der Waals surface area contributed by atoms with Gasteiger partial charge in [0.05, 0.1) is 60.1 Å². The van der Waals surface area contributed by atoms with Gasteiger partial charge < -0.3 is 20.9 Å². The normalized spacial score (nSPS) is 20.7. The van der Waals surface area contributed by atoms with Crippen LogP contribution in [0.3, 0.4) is 0 Å². The number of nitrogens with zero attached hydrogens (tertiary/aromatic N) is 10. The van der Waals surface area contributed by atoms with Gasteiger partial charge in [-0.25, -0.2) is 54.3 Å². The summed E-state index contributed by atoms with van der Waals surface area (Å²) in [6.07, 6.45) is 14.3. The minimum atomic E-state index is -3.74. The number of sulfone groups is 2. The van der Waals surface area contributed by atoms with Gasteiger partial charge in [0.25, 0.3) is 0 Å². The lowest BCUT2D eigenvalue weighted by atomic mass is 9.91. The summed E-state index contributed by atoms with van der Waals surface area (Å²) in [5.41, 5.74) is 9.48. The number of hydrogen-bond donors (Lipinski definition) is 2. The van der Waals surface area contributed by atoms with Crippen molar-refractivity contribution in [3.05, 3.63) is 142 Å². The predicted molar refractivity (Wildman–Crippen MR) is 278 cm³/mol. The predicted octanol–water partition coefficient (Wildman–Crippen LogP) is 7.68. The van der Waals surface area contributed by atoms with E-state index in [4.69, 9.17) is 20.9 Å². The van der Waals surface area contributed by atoms with E-state index in [9.17, 15) is 34.4 Å². The molecule has 2 aliphatic heterocycles. The number of hydrogen-bond acceptors (Lipinski definition) is 16. The Labute approximate surface area is 434 Å². The molecule has 74 heavy (non-hydrogen) atoms. The number of aliphatic imine (C=N–C) groups is 2. The van der Waals surface area contributed by atoms with E-state index in [2.05, 4.69) is 56.0 Å². The Bertz CT molecular complexity index is 3350. The molecule has 394 valence electrons. The first-order valence-corrected chi connectivity index (χ1v) is 26.4. The van der Waals surface area contributed by atoms with Crippen LogP contribution in [0, 0.1) is 11.6 Å². The third kappa shape index (κ3) is 12.4. The summed E-state index contributed by atoms with van der Waals surface area (Å²) in [5.74, 6) is -3.42. The fraction of sp³-hybridized carbons (Fsp3) is 0.347. The molecule has 0 bridgehead atoms. The fourth-order valence-corrected chi connectivity index (χ4v) is 11.2. The Morgan fingerprint density at radius 1 is 0.676 bits per heavy atom. The molecule has 6 aromatic rings. The second-order valence-electron chi connectivity index (χ2n) is 18.4. The van der Waals surface area contributed by atoms with Gasteiger partial charge >= 0.3 is 0 Å². The summed E-state index contributed by atoms with van der Waals surface area (Å²) in [7, 11) is -7.47. The summed E-state index contributed by atoms with van der Waals surface area (Å²) in [4.78, 5) is 24.9. The molecule has 4 aromatic heterocycles. The first kappa shape index (κ1) is 56.4. The molecule has 2 aromatic carbocycles. The van der Waals surface area contributed by atoms with Crippen molar-refractivity contribution in [2.75, 3.05) is 24.7 Å². The van der Waals surface area contributed by atoms with Gasteiger partial charge in [-0.3, -0.25) is 19.3 Å². The van der Waals surface area contributed by atoms with E-state index in [-0.39, 0.29) is 60.0 Å². The number of nitrogens with two attached hydrogens (primary N) is 2. The van der Waals surface area contributed by atoms with E-state index < -0.39 is 75.0 Å². The highest BCUT2D eigenvalue weighted by molar-refractivity contribution is 9.10. The lowest BCUT2D eigenvalue weighted by Crippen LogP contribution is -2.55. The van der Waals surface area contributed by atoms with Gasteiger partial charge in [0, 0.05) is 29.7 Å². The molecule has 0 fully saturated rings. The van der Waals surface area contributed by atoms with E-state index in [0.29, 0.717) is 30.8 Å².